The third-order valence-corrected chi connectivity index (χ3v) is 3.65. The minimum atomic E-state index is 0.754. The summed E-state index contributed by atoms with van der Waals surface area (Å²) in [6.07, 6.45) is 4.17. The SMILES string of the molecule is Clc1ccc(/C=C/c2ccc3cc(Cl)ccc3c2)cc1. The number of hydrogen-bond donors (Lipinski definition) is 0. The number of hydrogen-bond acceptors (Lipinski definition) is 0. The molecule has 0 unspecified atom stereocenters. The van der Waals surface area contributed by atoms with Gasteiger partial charge in [0.15, 0.2) is 0 Å². The smallest absolute Gasteiger partial charge is 0.0412 e. The average molecular weight is 299 g/mol. The number of rotatable bonds is 2. The zero-order valence-electron chi connectivity index (χ0n) is 10.7. The molecular formula is C18H12Cl2. The molecule has 0 atom stereocenters. The first-order chi connectivity index (χ1) is 9.70. The van der Waals surface area contributed by atoms with Crippen molar-refractivity contribution in [3.8, 4) is 0 Å². The molecule has 0 spiro atoms. The number of benzene rings is 3. The normalized spacial score (nSPS) is 11.3. The highest BCUT2D eigenvalue weighted by molar-refractivity contribution is 6.31. The highest BCUT2D eigenvalue weighted by Crippen LogP contribution is 2.21. The van der Waals surface area contributed by atoms with Crippen molar-refractivity contribution >= 4 is 46.1 Å². The van der Waals surface area contributed by atoms with Crippen LogP contribution < -0.4 is 0 Å². The molecule has 0 radical (unpaired) electrons. The van der Waals surface area contributed by atoms with Crippen LogP contribution in [-0.4, -0.2) is 0 Å². The third kappa shape index (κ3) is 3.04. The lowest BCUT2D eigenvalue weighted by atomic mass is 10.1. The van der Waals surface area contributed by atoms with Crippen LogP contribution in [0.2, 0.25) is 10.0 Å². The first kappa shape index (κ1) is 13.2. The van der Waals surface area contributed by atoms with E-state index in [2.05, 4.69) is 30.4 Å². The molecule has 0 aromatic heterocycles. The van der Waals surface area contributed by atoms with Gasteiger partial charge in [-0.1, -0.05) is 65.7 Å². The Morgan fingerprint density at radius 1 is 0.550 bits per heavy atom. The Kier molecular flexibility index (Phi) is 3.77. The summed E-state index contributed by atoms with van der Waals surface area (Å²) in [6, 6.07) is 20.0. The van der Waals surface area contributed by atoms with Crippen LogP contribution in [0.4, 0.5) is 0 Å². The highest BCUT2D eigenvalue weighted by Gasteiger charge is 1.96. The maximum Gasteiger partial charge on any atom is 0.0412 e. The van der Waals surface area contributed by atoms with E-state index in [0.717, 1.165) is 26.6 Å². The van der Waals surface area contributed by atoms with E-state index in [0.29, 0.717) is 0 Å². The van der Waals surface area contributed by atoms with Crippen molar-refractivity contribution in [1.82, 2.24) is 0 Å². The van der Waals surface area contributed by atoms with Gasteiger partial charge in [-0.3, -0.25) is 0 Å². The van der Waals surface area contributed by atoms with E-state index in [-0.39, 0.29) is 0 Å². The molecule has 98 valence electrons. The van der Waals surface area contributed by atoms with Crippen molar-refractivity contribution in [2.24, 2.45) is 0 Å². The molecule has 0 heterocycles. The molecule has 0 amide bonds. The van der Waals surface area contributed by atoms with Gasteiger partial charge < -0.3 is 0 Å². The largest absolute Gasteiger partial charge is 0.0843 e. The monoisotopic (exact) mass is 298 g/mol. The molecule has 20 heavy (non-hydrogen) atoms. The summed E-state index contributed by atoms with van der Waals surface area (Å²) in [4.78, 5) is 0. The quantitative estimate of drug-likeness (QED) is 0.486. The lowest BCUT2D eigenvalue weighted by Gasteiger charge is -2.00. The van der Waals surface area contributed by atoms with E-state index >= 15 is 0 Å². The molecule has 3 rings (SSSR count). The third-order valence-electron chi connectivity index (χ3n) is 3.16. The minimum Gasteiger partial charge on any atom is -0.0843 e. The molecule has 0 aliphatic heterocycles. The molecule has 3 aromatic carbocycles. The van der Waals surface area contributed by atoms with Crippen molar-refractivity contribution in [3.63, 3.8) is 0 Å². The standard InChI is InChI=1S/C18H12Cl2/c19-17-8-4-13(5-9-17)1-2-14-3-6-16-12-18(20)10-7-15(16)11-14/h1-12H/b2-1+. The first-order valence-corrected chi connectivity index (χ1v) is 7.09. The van der Waals surface area contributed by atoms with Gasteiger partial charge in [-0.25, -0.2) is 0 Å². The Hall–Kier alpha value is -1.76. The summed E-state index contributed by atoms with van der Waals surface area (Å²) in [5.74, 6) is 0. The lowest BCUT2D eigenvalue weighted by Crippen LogP contribution is -1.76. The van der Waals surface area contributed by atoms with Crippen molar-refractivity contribution in [2.75, 3.05) is 0 Å². The van der Waals surface area contributed by atoms with Gasteiger partial charge in [-0.2, -0.15) is 0 Å². The molecule has 0 aliphatic rings. The van der Waals surface area contributed by atoms with E-state index in [1.54, 1.807) is 0 Å². The maximum atomic E-state index is 5.99. The summed E-state index contributed by atoms with van der Waals surface area (Å²) in [7, 11) is 0. The van der Waals surface area contributed by atoms with Crippen LogP contribution >= 0.6 is 23.2 Å². The van der Waals surface area contributed by atoms with Gasteiger partial charge in [0.25, 0.3) is 0 Å². The predicted molar refractivity (Wildman–Crippen MR) is 89.3 cm³/mol. The van der Waals surface area contributed by atoms with E-state index in [9.17, 15) is 0 Å². The fraction of sp³-hybridized carbons (Fsp3) is 0. The maximum absolute atomic E-state index is 5.99. The van der Waals surface area contributed by atoms with Crippen LogP contribution in [0, 0.1) is 0 Å². The van der Waals surface area contributed by atoms with E-state index in [4.69, 9.17) is 23.2 Å². The summed E-state index contributed by atoms with van der Waals surface area (Å²) < 4.78 is 0. The first-order valence-electron chi connectivity index (χ1n) is 6.34. The van der Waals surface area contributed by atoms with E-state index < -0.39 is 0 Å². The second-order valence-electron chi connectivity index (χ2n) is 4.64. The van der Waals surface area contributed by atoms with E-state index in [1.165, 1.54) is 5.39 Å². The van der Waals surface area contributed by atoms with Crippen LogP contribution in [-0.2, 0) is 0 Å². The zero-order chi connectivity index (χ0) is 13.9. The van der Waals surface area contributed by atoms with Crippen LogP contribution in [0.3, 0.4) is 0 Å². The fourth-order valence-corrected chi connectivity index (χ4v) is 2.41. The Balaban J connectivity index is 1.90. The Morgan fingerprint density at radius 2 is 1.10 bits per heavy atom. The predicted octanol–water partition coefficient (Wildman–Crippen LogP) is 6.32. The second-order valence-corrected chi connectivity index (χ2v) is 5.51. The Labute approximate surface area is 128 Å². The fourth-order valence-electron chi connectivity index (χ4n) is 2.11. The molecule has 0 N–H and O–H groups in total. The van der Waals surface area contributed by atoms with Crippen LogP contribution in [0.5, 0.6) is 0 Å². The minimum absolute atomic E-state index is 0.754. The van der Waals surface area contributed by atoms with E-state index in [1.807, 2.05) is 42.5 Å². The van der Waals surface area contributed by atoms with Gasteiger partial charge in [0, 0.05) is 10.0 Å². The van der Waals surface area contributed by atoms with Crippen molar-refractivity contribution in [3.05, 3.63) is 81.8 Å². The van der Waals surface area contributed by atoms with Gasteiger partial charge >= 0.3 is 0 Å². The molecule has 0 saturated carbocycles. The van der Waals surface area contributed by atoms with Gasteiger partial charge in [0.2, 0.25) is 0 Å². The van der Waals surface area contributed by atoms with Crippen LogP contribution in [0.1, 0.15) is 11.1 Å². The van der Waals surface area contributed by atoms with Crippen LogP contribution in [0.25, 0.3) is 22.9 Å². The summed E-state index contributed by atoms with van der Waals surface area (Å²) in [5, 5.41) is 3.86. The van der Waals surface area contributed by atoms with Crippen molar-refractivity contribution in [1.29, 1.82) is 0 Å². The van der Waals surface area contributed by atoms with Crippen molar-refractivity contribution < 1.29 is 0 Å². The second kappa shape index (κ2) is 5.70. The van der Waals surface area contributed by atoms with Gasteiger partial charge in [-0.05, 0) is 52.2 Å². The molecular weight excluding hydrogens is 287 g/mol. The van der Waals surface area contributed by atoms with Gasteiger partial charge in [0.1, 0.15) is 0 Å². The zero-order valence-corrected chi connectivity index (χ0v) is 12.2. The average Bonchev–Trinajstić information content (AvgIpc) is 2.46. The molecule has 3 aromatic rings. The summed E-state index contributed by atoms with van der Waals surface area (Å²) in [5.41, 5.74) is 2.29. The Morgan fingerprint density at radius 3 is 1.90 bits per heavy atom. The molecule has 2 heteroatoms. The number of halogens is 2. The molecule has 0 saturated heterocycles. The molecule has 0 bridgehead atoms. The Bertz CT molecular complexity index is 771. The summed E-state index contributed by atoms with van der Waals surface area (Å²) >= 11 is 11.9. The molecule has 0 aliphatic carbocycles. The number of fused-ring (bicyclic) bond motifs is 1. The van der Waals surface area contributed by atoms with Gasteiger partial charge in [-0.15, -0.1) is 0 Å². The van der Waals surface area contributed by atoms with Crippen molar-refractivity contribution in [2.45, 2.75) is 0 Å². The highest BCUT2D eigenvalue weighted by atomic mass is 35.5. The van der Waals surface area contributed by atoms with Crippen LogP contribution in [0.15, 0.2) is 60.7 Å². The van der Waals surface area contributed by atoms with Gasteiger partial charge in [0.05, 0.1) is 0 Å². The molecule has 0 nitrogen and oxygen atoms in total. The lowest BCUT2D eigenvalue weighted by molar-refractivity contribution is 1.66. The topological polar surface area (TPSA) is 0 Å². The summed E-state index contributed by atoms with van der Waals surface area (Å²) in [6.45, 7) is 0. The molecule has 0 fully saturated rings.